The molecule has 6 rings (SSSR count). The van der Waals surface area contributed by atoms with Crippen LogP contribution in [0.1, 0.15) is 0 Å². The van der Waals surface area contributed by atoms with Crippen LogP contribution in [0.15, 0.2) is 95.3 Å². The van der Waals surface area contributed by atoms with Gasteiger partial charge >= 0.3 is 0 Å². The summed E-state index contributed by atoms with van der Waals surface area (Å²) < 4.78 is 4.58. The largest absolute Gasteiger partial charge is 0.369 e. The fourth-order valence-corrected chi connectivity index (χ4v) is 4.84. The lowest BCUT2D eigenvalue weighted by Crippen LogP contribution is -2.44. The van der Waals surface area contributed by atoms with E-state index in [0.29, 0.717) is 28.6 Å². The molecule has 0 unspecified atom stereocenters. The van der Waals surface area contributed by atoms with E-state index in [-0.39, 0.29) is 17.7 Å². The van der Waals surface area contributed by atoms with Crippen molar-refractivity contribution in [2.24, 2.45) is 0 Å². The maximum Gasteiger partial charge on any atom is 0.278 e. The Morgan fingerprint density at radius 3 is 2.45 bits per heavy atom. The summed E-state index contributed by atoms with van der Waals surface area (Å²) in [5, 5.41) is 3.61. The van der Waals surface area contributed by atoms with Crippen molar-refractivity contribution in [3.63, 3.8) is 0 Å². The van der Waals surface area contributed by atoms with Gasteiger partial charge in [-0.25, -0.2) is 19.3 Å². The fourth-order valence-electron chi connectivity index (χ4n) is 4.84. The number of hydrogen-bond donors (Lipinski definition) is 1. The van der Waals surface area contributed by atoms with Crippen molar-refractivity contribution in [3.05, 3.63) is 106 Å². The molecule has 0 radical (unpaired) electrons. The Kier molecular flexibility index (Phi) is 6.71. The van der Waals surface area contributed by atoms with E-state index in [2.05, 4.69) is 45.9 Å². The quantitative estimate of drug-likeness (QED) is 0.317. The van der Waals surface area contributed by atoms with Crippen LogP contribution in [0, 0.1) is 0 Å². The van der Waals surface area contributed by atoms with Crippen LogP contribution in [0.4, 0.5) is 17.3 Å². The number of likely N-dealkylation sites (N-methyl/N-ethyl adjacent to an activating group) is 1. The van der Waals surface area contributed by atoms with Gasteiger partial charge in [0.15, 0.2) is 11.5 Å². The fraction of sp³-hybridized carbons (Fsp3) is 0.207. The second kappa shape index (κ2) is 10.6. The minimum Gasteiger partial charge on any atom is -0.369 e. The summed E-state index contributed by atoms with van der Waals surface area (Å²) in [6, 6.07) is 18.4. The van der Waals surface area contributed by atoms with Crippen LogP contribution in [0.2, 0.25) is 0 Å². The molecule has 1 aliphatic rings. The van der Waals surface area contributed by atoms with Gasteiger partial charge in [-0.3, -0.25) is 14.2 Å². The van der Waals surface area contributed by atoms with Gasteiger partial charge in [0.25, 0.3) is 11.1 Å². The number of nitrogens with zero attached hydrogens (tertiary/aromatic N) is 8. The number of hydrogen-bond acceptors (Lipinski definition) is 8. The highest BCUT2D eigenvalue weighted by Crippen LogP contribution is 2.22. The molecule has 1 aromatic carbocycles. The van der Waals surface area contributed by atoms with E-state index in [4.69, 9.17) is 9.97 Å². The molecular weight excluding hydrogens is 506 g/mol. The van der Waals surface area contributed by atoms with Gasteiger partial charge in [-0.2, -0.15) is 4.98 Å². The topological polar surface area (TPSA) is 106 Å². The molecule has 0 atom stereocenters. The zero-order chi connectivity index (χ0) is 27.6. The van der Waals surface area contributed by atoms with Crippen molar-refractivity contribution >= 4 is 28.4 Å². The molecule has 40 heavy (non-hydrogen) atoms. The number of pyridine rings is 2. The van der Waals surface area contributed by atoms with Crippen LogP contribution < -0.4 is 21.3 Å². The van der Waals surface area contributed by atoms with Gasteiger partial charge in [-0.15, -0.1) is 6.58 Å². The molecule has 1 aliphatic heterocycles. The molecule has 5 heterocycles. The minimum absolute atomic E-state index is 0.208. The third kappa shape index (κ3) is 4.78. The molecule has 4 aromatic heterocycles. The van der Waals surface area contributed by atoms with Gasteiger partial charge in [0.1, 0.15) is 11.2 Å². The first kappa shape index (κ1) is 25.3. The number of aromatic nitrogens is 6. The van der Waals surface area contributed by atoms with Crippen molar-refractivity contribution < 1.29 is 0 Å². The molecule has 1 N–H and O–H groups in total. The summed E-state index contributed by atoms with van der Waals surface area (Å²) in [6.07, 6.45) is 4.81. The lowest BCUT2D eigenvalue weighted by Gasteiger charge is -2.34. The summed E-state index contributed by atoms with van der Waals surface area (Å²) in [5.74, 6) is 1.21. The highest BCUT2D eigenvalue weighted by Gasteiger charge is 2.19. The van der Waals surface area contributed by atoms with E-state index in [9.17, 15) is 9.59 Å². The standard InChI is InChI=1S/C29H29N9O2/c1-3-14-37-28(40)23-20-30-29(31-21-10-12-22(13-11-21)35-18-16-34(2)17-19-35)33-27(23)38(37)25-8-6-7-24(32-25)36-15-5-4-9-26(36)39/h3-13,15,20H,1,14,16-19H2,2H3,(H,30,31,33). The van der Waals surface area contributed by atoms with Crippen molar-refractivity contribution in [1.82, 2.24) is 33.8 Å². The molecule has 0 saturated carbocycles. The smallest absolute Gasteiger partial charge is 0.278 e. The Hall–Kier alpha value is -5.03. The van der Waals surface area contributed by atoms with Gasteiger partial charge in [0, 0.05) is 56.0 Å². The van der Waals surface area contributed by atoms with E-state index in [0.717, 1.165) is 31.9 Å². The summed E-state index contributed by atoms with van der Waals surface area (Å²) in [5.41, 5.74) is 1.93. The molecule has 5 aromatic rings. The van der Waals surface area contributed by atoms with Gasteiger partial charge in [0.2, 0.25) is 5.95 Å². The van der Waals surface area contributed by atoms with Crippen LogP contribution in [-0.4, -0.2) is 67.0 Å². The maximum atomic E-state index is 13.3. The van der Waals surface area contributed by atoms with E-state index in [1.807, 2.05) is 12.1 Å². The number of nitrogens with one attached hydrogen (secondary N) is 1. The number of benzene rings is 1. The summed E-state index contributed by atoms with van der Waals surface area (Å²) in [6.45, 7) is 8.12. The molecule has 0 aliphatic carbocycles. The molecule has 1 saturated heterocycles. The van der Waals surface area contributed by atoms with Crippen molar-refractivity contribution in [1.29, 1.82) is 0 Å². The van der Waals surface area contributed by atoms with Gasteiger partial charge in [0.05, 0.1) is 6.54 Å². The highest BCUT2D eigenvalue weighted by atomic mass is 16.1. The van der Waals surface area contributed by atoms with Crippen LogP contribution in [0.25, 0.3) is 22.7 Å². The lowest BCUT2D eigenvalue weighted by atomic mass is 10.2. The van der Waals surface area contributed by atoms with Crippen molar-refractivity contribution in [2.75, 3.05) is 43.4 Å². The molecule has 0 bridgehead atoms. The highest BCUT2D eigenvalue weighted by molar-refractivity contribution is 5.77. The van der Waals surface area contributed by atoms with Crippen LogP contribution in [0.3, 0.4) is 0 Å². The molecule has 202 valence electrons. The summed E-state index contributed by atoms with van der Waals surface area (Å²) in [7, 11) is 2.14. The number of rotatable bonds is 7. The van der Waals surface area contributed by atoms with Gasteiger partial charge in [-0.1, -0.05) is 18.2 Å². The van der Waals surface area contributed by atoms with Crippen molar-refractivity contribution in [2.45, 2.75) is 6.54 Å². The van der Waals surface area contributed by atoms with Gasteiger partial charge in [-0.05, 0) is 49.5 Å². The molecule has 0 spiro atoms. The zero-order valence-corrected chi connectivity index (χ0v) is 22.1. The molecular formula is C29H29N9O2. The van der Waals surface area contributed by atoms with E-state index < -0.39 is 0 Å². The monoisotopic (exact) mass is 535 g/mol. The van der Waals surface area contributed by atoms with E-state index in [1.54, 1.807) is 47.3 Å². The van der Waals surface area contributed by atoms with Crippen LogP contribution >= 0.6 is 0 Å². The molecule has 11 heteroatoms. The third-order valence-electron chi connectivity index (χ3n) is 6.98. The Balaban J connectivity index is 1.37. The zero-order valence-electron chi connectivity index (χ0n) is 22.1. The second-order valence-electron chi connectivity index (χ2n) is 9.64. The molecule has 1 fully saturated rings. The Labute approximate surface area is 230 Å². The number of allylic oxidation sites excluding steroid dienone is 1. The lowest BCUT2D eigenvalue weighted by molar-refractivity contribution is 0.313. The van der Waals surface area contributed by atoms with Crippen molar-refractivity contribution in [3.8, 4) is 11.6 Å². The number of piperazine rings is 1. The minimum atomic E-state index is -0.262. The summed E-state index contributed by atoms with van der Waals surface area (Å²) >= 11 is 0. The van der Waals surface area contributed by atoms with Crippen LogP contribution in [-0.2, 0) is 6.54 Å². The first-order valence-corrected chi connectivity index (χ1v) is 13.1. The molecule has 11 nitrogen and oxygen atoms in total. The van der Waals surface area contributed by atoms with Gasteiger partial charge < -0.3 is 15.1 Å². The Bertz CT molecular complexity index is 1800. The SMILES string of the molecule is C=CCn1c(=O)c2cnc(Nc3ccc(N4CCN(C)CC4)cc3)nc2n1-c1cccc(-n2ccccc2=O)n1. The average molecular weight is 536 g/mol. The second-order valence-corrected chi connectivity index (χ2v) is 9.64. The average Bonchev–Trinajstić information content (AvgIpc) is 3.25. The Morgan fingerprint density at radius 1 is 0.925 bits per heavy atom. The maximum absolute atomic E-state index is 13.3. The third-order valence-corrected chi connectivity index (χ3v) is 6.98. The number of fused-ring (bicyclic) bond motifs is 1. The normalized spacial score (nSPS) is 14.0. The molecule has 0 amide bonds. The van der Waals surface area contributed by atoms with E-state index >= 15 is 0 Å². The predicted molar refractivity (Wildman–Crippen MR) is 156 cm³/mol. The Morgan fingerprint density at radius 2 is 1.70 bits per heavy atom. The predicted octanol–water partition coefficient (Wildman–Crippen LogP) is 2.81. The van der Waals surface area contributed by atoms with Crippen LogP contribution in [0.5, 0.6) is 0 Å². The van der Waals surface area contributed by atoms with E-state index in [1.165, 1.54) is 27.2 Å². The first-order valence-electron chi connectivity index (χ1n) is 13.1. The first-order chi connectivity index (χ1) is 19.5. The summed E-state index contributed by atoms with van der Waals surface area (Å²) in [4.78, 5) is 44.2. The number of anilines is 3.